The smallest absolute Gasteiger partial charge is 0.256 e. The van der Waals surface area contributed by atoms with Crippen molar-refractivity contribution >= 4 is 46.4 Å². The highest BCUT2D eigenvalue weighted by Gasteiger charge is 2.40. The van der Waals surface area contributed by atoms with Crippen LogP contribution in [0.4, 0.5) is 0 Å². The van der Waals surface area contributed by atoms with Gasteiger partial charge in [-0.3, -0.25) is 24.5 Å². The van der Waals surface area contributed by atoms with Crippen LogP contribution < -0.4 is 5.32 Å². The molecule has 1 unspecified atom stereocenters. The lowest BCUT2D eigenvalue weighted by molar-refractivity contribution is -0.137. The Hall–Kier alpha value is -2.51. The van der Waals surface area contributed by atoms with Crippen LogP contribution in [0.1, 0.15) is 51.2 Å². The summed E-state index contributed by atoms with van der Waals surface area (Å²) in [6, 6.07) is 5.01. The van der Waals surface area contributed by atoms with Gasteiger partial charge in [-0.1, -0.05) is 17.7 Å². The molecule has 8 heteroatoms. The monoisotopic (exact) mass is 444 g/mol. The normalized spacial score (nSPS) is 18.5. The third-order valence-corrected chi connectivity index (χ3v) is 6.83. The fourth-order valence-electron chi connectivity index (χ4n) is 4.10. The molecule has 2 aliphatic heterocycles. The molecular formula is C22H21ClN2O4S. The van der Waals surface area contributed by atoms with Gasteiger partial charge in [-0.2, -0.15) is 0 Å². The SMILES string of the molecule is Cc1cc(Cl)cc(CC(=O)CCc2scc3c2CN(C2CCC(=O)NC2=O)C3=O)c1. The fraction of sp³-hybridized carbons (Fsp3) is 0.364. The van der Waals surface area contributed by atoms with E-state index in [4.69, 9.17) is 11.6 Å². The van der Waals surface area contributed by atoms with E-state index >= 15 is 0 Å². The van der Waals surface area contributed by atoms with Crippen LogP contribution in [0.2, 0.25) is 5.02 Å². The average Bonchev–Trinajstić information content (AvgIpc) is 3.20. The number of benzene rings is 1. The summed E-state index contributed by atoms with van der Waals surface area (Å²) in [5.41, 5.74) is 3.44. The van der Waals surface area contributed by atoms with Gasteiger partial charge in [0.05, 0.1) is 5.56 Å². The van der Waals surface area contributed by atoms with Crippen LogP contribution >= 0.6 is 22.9 Å². The van der Waals surface area contributed by atoms with Gasteiger partial charge in [-0.15, -0.1) is 11.3 Å². The van der Waals surface area contributed by atoms with Gasteiger partial charge in [0.2, 0.25) is 11.8 Å². The lowest BCUT2D eigenvalue weighted by atomic mass is 10.0. The van der Waals surface area contributed by atoms with Crippen LogP contribution in [0.5, 0.6) is 0 Å². The third-order valence-electron chi connectivity index (χ3n) is 5.52. The first kappa shape index (κ1) is 20.8. The van der Waals surface area contributed by atoms with Gasteiger partial charge in [0.25, 0.3) is 5.91 Å². The molecule has 156 valence electrons. The van der Waals surface area contributed by atoms with E-state index in [2.05, 4.69) is 5.32 Å². The number of carbonyl (C=O) groups is 4. The summed E-state index contributed by atoms with van der Waals surface area (Å²) >= 11 is 7.56. The number of nitrogens with zero attached hydrogens (tertiary/aromatic N) is 1. The topological polar surface area (TPSA) is 83.6 Å². The van der Waals surface area contributed by atoms with Gasteiger partial charge in [0.1, 0.15) is 11.8 Å². The Kier molecular flexibility index (Phi) is 5.75. The molecule has 0 spiro atoms. The van der Waals surface area contributed by atoms with Crippen molar-refractivity contribution in [2.75, 3.05) is 0 Å². The number of aryl methyl sites for hydroxylation is 2. The van der Waals surface area contributed by atoms with Crippen molar-refractivity contribution in [3.8, 4) is 0 Å². The van der Waals surface area contributed by atoms with E-state index in [0.29, 0.717) is 42.8 Å². The van der Waals surface area contributed by atoms with Crippen molar-refractivity contribution in [2.24, 2.45) is 0 Å². The predicted molar refractivity (Wildman–Crippen MR) is 114 cm³/mol. The molecule has 1 atom stereocenters. The number of fused-ring (bicyclic) bond motifs is 1. The number of hydrogen-bond donors (Lipinski definition) is 1. The minimum absolute atomic E-state index is 0.116. The molecule has 1 fully saturated rings. The molecule has 1 saturated heterocycles. The van der Waals surface area contributed by atoms with E-state index in [9.17, 15) is 19.2 Å². The minimum Gasteiger partial charge on any atom is -0.322 e. The van der Waals surface area contributed by atoms with E-state index in [1.807, 2.05) is 30.5 Å². The molecule has 4 rings (SSSR count). The third kappa shape index (κ3) is 4.18. The van der Waals surface area contributed by atoms with Crippen molar-refractivity contribution in [1.29, 1.82) is 0 Å². The van der Waals surface area contributed by atoms with Crippen LogP contribution in [-0.4, -0.2) is 34.4 Å². The van der Waals surface area contributed by atoms with Crippen LogP contribution in [0.3, 0.4) is 0 Å². The summed E-state index contributed by atoms with van der Waals surface area (Å²) in [5.74, 6) is -0.777. The van der Waals surface area contributed by atoms with E-state index < -0.39 is 11.9 Å². The Bertz CT molecular complexity index is 1040. The van der Waals surface area contributed by atoms with Crippen molar-refractivity contribution in [3.05, 3.63) is 55.7 Å². The second kappa shape index (κ2) is 8.32. The van der Waals surface area contributed by atoms with Gasteiger partial charge < -0.3 is 4.90 Å². The number of thiophene rings is 1. The number of piperidine rings is 1. The van der Waals surface area contributed by atoms with Crippen molar-refractivity contribution in [3.63, 3.8) is 0 Å². The molecule has 3 heterocycles. The largest absolute Gasteiger partial charge is 0.322 e. The second-order valence-corrected chi connectivity index (χ2v) is 9.20. The van der Waals surface area contributed by atoms with Crippen molar-refractivity contribution < 1.29 is 19.2 Å². The zero-order valence-corrected chi connectivity index (χ0v) is 18.1. The zero-order valence-electron chi connectivity index (χ0n) is 16.5. The summed E-state index contributed by atoms with van der Waals surface area (Å²) in [6.45, 7) is 2.29. The highest BCUT2D eigenvalue weighted by Crippen LogP contribution is 2.34. The molecule has 30 heavy (non-hydrogen) atoms. The number of Topliss-reactive ketones (excluding diaryl/α,β-unsaturated/α-hetero) is 1. The molecule has 0 saturated carbocycles. The van der Waals surface area contributed by atoms with Crippen LogP contribution in [0.15, 0.2) is 23.6 Å². The van der Waals surface area contributed by atoms with Gasteiger partial charge in [0.15, 0.2) is 0 Å². The Balaban J connectivity index is 1.40. The summed E-state index contributed by atoms with van der Waals surface area (Å²) in [4.78, 5) is 51.3. The van der Waals surface area contributed by atoms with Gasteiger partial charge >= 0.3 is 0 Å². The van der Waals surface area contributed by atoms with Gasteiger partial charge in [-0.25, -0.2) is 0 Å². The highest BCUT2D eigenvalue weighted by atomic mass is 35.5. The molecule has 0 aliphatic carbocycles. The first-order valence-electron chi connectivity index (χ1n) is 9.83. The number of rotatable bonds is 6. The number of halogens is 1. The Morgan fingerprint density at radius 1 is 1.27 bits per heavy atom. The van der Waals surface area contributed by atoms with Gasteiger partial charge in [0, 0.05) is 41.1 Å². The fourth-order valence-corrected chi connectivity index (χ4v) is 5.45. The van der Waals surface area contributed by atoms with E-state index in [0.717, 1.165) is 21.6 Å². The average molecular weight is 445 g/mol. The predicted octanol–water partition coefficient (Wildman–Crippen LogP) is 3.22. The quantitative estimate of drug-likeness (QED) is 0.693. The highest BCUT2D eigenvalue weighted by molar-refractivity contribution is 7.10. The van der Waals surface area contributed by atoms with Crippen molar-refractivity contribution in [2.45, 2.75) is 51.6 Å². The molecule has 3 amide bonds. The maximum Gasteiger partial charge on any atom is 0.256 e. The number of amides is 3. The van der Waals surface area contributed by atoms with Crippen LogP contribution in [-0.2, 0) is 33.8 Å². The molecular weight excluding hydrogens is 424 g/mol. The lowest BCUT2D eigenvalue weighted by Gasteiger charge is -2.29. The minimum atomic E-state index is -0.617. The summed E-state index contributed by atoms with van der Waals surface area (Å²) in [7, 11) is 0. The number of carbonyl (C=O) groups excluding carboxylic acids is 4. The Labute approximate surface area is 183 Å². The standard InChI is InChI=1S/C22H21ClN2O4S/c1-12-6-13(8-14(23)7-12)9-15(26)2-4-19-16-10-25(22(29)17(16)11-30-19)18-3-5-20(27)24-21(18)28/h6-8,11,18H,2-5,9-10H2,1H3,(H,24,27,28). The number of imide groups is 1. The Morgan fingerprint density at radius 2 is 2.07 bits per heavy atom. The van der Waals surface area contributed by atoms with E-state index in [1.54, 1.807) is 4.90 Å². The van der Waals surface area contributed by atoms with Crippen LogP contribution in [0.25, 0.3) is 0 Å². The van der Waals surface area contributed by atoms with Crippen molar-refractivity contribution in [1.82, 2.24) is 10.2 Å². The van der Waals surface area contributed by atoms with E-state index in [1.165, 1.54) is 11.3 Å². The summed E-state index contributed by atoms with van der Waals surface area (Å²) < 4.78 is 0. The second-order valence-electron chi connectivity index (χ2n) is 7.80. The molecule has 2 aliphatic rings. The molecule has 1 aromatic carbocycles. The molecule has 1 aromatic heterocycles. The number of nitrogens with one attached hydrogen (secondary N) is 1. The number of hydrogen-bond acceptors (Lipinski definition) is 5. The Morgan fingerprint density at radius 3 is 2.80 bits per heavy atom. The first-order chi connectivity index (χ1) is 14.3. The molecule has 0 bridgehead atoms. The number of ketones is 1. The molecule has 0 radical (unpaired) electrons. The maximum absolute atomic E-state index is 12.8. The van der Waals surface area contributed by atoms with Gasteiger partial charge in [-0.05, 0) is 48.6 Å². The summed E-state index contributed by atoms with van der Waals surface area (Å²) in [5, 5.41) is 4.74. The van der Waals surface area contributed by atoms with E-state index in [-0.39, 0.29) is 24.0 Å². The summed E-state index contributed by atoms with van der Waals surface area (Å²) in [6.07, 6.45) is 1.85. The molecule has 1 N–H and O–H groups in total. The zero-order chi connectivity index (χ0) is 21.4. The van der Waals surface area contributed by atoms with Crippen LogP contribution in [0, 0.1) is 6.92 Å². The lowest BCUT2D eigenvalue weighted by Crippen LogP contribution is -2.52. The maximum atomic E-state index is 12.8. The molecule has 6 nitrogen and oxygen atoms in total. The first-order valence-corrected chi connectivity index (χ1v) is 11.1. The molecule has 2 aromatic rings.